The lowest BCUT2D eigenvalue weighted by atomic mass is 9.77. The van der Waals surface area contributed by atoms with Crippen molar-refractivity contribution in [2.24, 2.45) is 5.92 Å². The van der Waals surface area contributed by atoms with Gasteiger partial charge in [-0.05, 0) is 43.5 Å². The average molecular weight is 205 g/mol. The summed E-state index contributed by atoms with van der Waals surface area (Å²) in [6.07, 6.45) is 4.08. The minimum atomic E-state index is 0.494. The summed E-state index contributed by atoms with van der Waals surface area (Å²) in [4.78, 5) is 0. The van der Waals surface area contributed by atoms with Gasteiger partial charge in [-0.1, -0.05) is 18.6 Å². The second-order valence-electron chi connectivity index (χ2n) is 4.23. The topological polar surface area (TPSA) is 21.3 Å². The second-order valence-corrected chi connectivity index (χ2v) is 4.23. The molecule has 0 aromatic heterocycles. The molecule has 1 saturated carbocycles. The Hall–Kier alpha value is -1.02. The third-order valence-electron chi connectivity index (χ3n) is 3.39. The van der Waals surface area contributed by atoms with E-state index in [1.807, 2.05) is 13.1 Å². The van der Waals surface area contributed by atoms with Gasteiger partial charge in [-0.25, -0.2) is 0 Å². The molecule has 0 aliphatic heterocycles. The van der Waals surface area contributed by atoms with Crippen molar-refractivity contribution >= 4 is 0 Å². The maximum absolute atomic E-state index is 5.25. The Morgan fingerprint density at radius 2 is 2.20 bits per heavy atom. The SMILES string of the molecule is CNC(c1cccc(OC)c1)C1CCC1. The Labute approximate surface area is 91.6 Å². The number of methoxy groups -OCH3 is 1. The molecule has 0 amide bonds. The van der Waals surface area contributed by atoms with Crippen LogP contribution in [0.2, 0.25) is 0 Å². The van der Waals surface area contributed by atoms with Gasteiger partial charge in [0.15, 0.2) is 0 Å². The van der Waals surface area contributed by atoms with E-state index in [9.17, 15) is 0 Å². The molecular weight excluding hydrogens is 186 g/mol. The van der Waals surface area contributed by atoms with Gasteiger partial charge in [0.05, 0.1) is 7.11 Å². The van der Waals surface area contributed by atoms with Crippen LogP contribution in [0.3, 0.4) is 0 Å². The summed E-state index contributed by atoms with van der Waals surface area (Å²) >= 11 is 0. The van der Waals surface area contributed by atoms with E-state index < -0.39 is 0 Å². The second kappa shape index (κ2) is 4.67. The zero-order valence-corrected chi connectivity index (χ0v) is 9.49. The van der Waals surface area contributed by atoms with E-state index in [1.165, 1.54) is 24.8 Å². The summed E-state index contributed by atoms with van der Waals surface area (Å²) in [6.45, 7) is 0. The number of rotatable bonds is 4. The Bertz CT molecular complexity index is 320. The molecule has 1 aliphatic carbocycles. The van der Waals surface area contributed by atoms with Crippen LogP contribution in [-0.2, 0) is 0 Å². The van der Waals surface area contributed by atoms with Gasteiger partial charge in [0.25, 0.3) is 0 Å². The number of benzene rings is 1. The predicted octanol–water partition coefficient (Wildman–Crippen LogP) is 2.76. The molecule has 1 N–H and O–H groups in total. The first-order valence-corrected chi connectivity index (χ1v) is 5.66. The van der Waals surface area contributed by atoms with Crippen molar-refractivity contribution in [3.63, 3.8) is 0 Å². The molecule has 0 radical (unpaired) electrons. The minimum absolute atomic E-state index is 0.494. The summed E-state index contributed by atoms with van der Waals surface area (Å²) in [5.74, 6) is 1.76. The lowest BCUT2D eigenvalue weighted by molar-refractivity contribution is 0.239. The molecule has 1 atom stereocenters. The first-order chi connectivity index (χ1) is 7.35. The summed E-state index contributed by atoms with van der Waals surface area (Å²) < 4.78 is 5.25. The van der Waals surface area contributed by atoms with Gasteiger partial charge in [0.2, 0.25) is 0 Å². The first-order valence-electron chi connectivity index (χ1n) is 5.66. The Morgan fingerprint density at radius 3 is 2.73 bits per heavy atom. The standard InChI is InChI=1S/C13H19NO/c1-14-13(10-5-3-6-10)11-7-4-8-12(9-11)15-2/h4,7-10,13-14H,3,5-6H2,1-2H3. The van der Waals surface area contributed by atoms with Crippen molar-refractivity contribution in [2.75, 3.05) is 14.2 Å². The van der Waals surface area contributed by atoms with Crippen LogP contribution in [0.5, 0.6) is 5.75 Å². The van der Waals surface area contributed by atoms with Crippen LogP contribution < -0.4 is 10.1 Å². The zero-order chi connectivity index (χ0) is 10.7. The van der Waals surface area contributed by atoms with Crippen molar-refractivity contribution in [1.82, 2.24) is 5.32 Å². The number of nitrogens with one attached hydrogen (secondary N) is 1. The van der Waals surface area contributed by atoms with Crippen LogP contribution in [0.25, 0.3) is 0 Å². The molecule has 1 unspecified atom stereocenters. The Kier molecular flexibility index (Phi) is 3.27. The highest BCUT2D eigenvalue weighted by atomic mass is 16.5. The molecule has 0 heterocycles. The third-order valence-corrected chi connectivity index (χ3v) is 3.39. The molecule has 1 fully saturated rings. The van der Waals surface area contributed by atoms with E-state index in [2.05, 4.69) is 23.5 Å². The van der Waals surface area contributed by atoms with Gasteiger partial charge >= 0.3 is 0 Å². The van der Waals surface area contributed by atoms with Crippen molar-refractivity contribution < 1.29 is 4.74 Å². The van der Waals surface area contributed by atoms with Crippen molar-refractivity contribution in [3.8, 4) is 5.75 Å². The van der Waals surface area contributed by atoms with Gasteiger partial charge < -0.3 is 10.1 Å². The van der Waals surface area contributed by atoms with Crippen LogP contribution >= 0.6 is 0 Å². The quantitative estimate of drug-likeness (QED) is 0.816. The molecule has 1 aliphatic rings. The molecule has 2 rings (SSSR count). The first kappa shape index (κ1) is 10.5. The molecule has 1 aromatic carbocycles. The molecule has 0 spiro atoms. The molecule has 0 saturated heterocycles. The van der Waals surface area contributed by atoms with Crippen LogP contribution in [0.4, 0.5) is 0 Å². The minimum Gasteiger partial charge on any atom is -0.497 e. The molecular formula is C13H19NO. The van der Waals surface area contributed by atoms with Gasteiger partial charge in [-0.15, -0.1) is 0 Å². The Balaban J connectivity index is 2.17. The summed E-state index contributed by atoms with van der Waals surface area (Å²) in [7, 11) is 3.76. The Morgan fingerprint density at radius 1 is 1.40 bits per heavy atom. The smallest absolute Gasteiger partial charge is 0.119 e. The van der Waals surface area contributed by atoms with E-state index in [4.69, 9.17) is 4.74 Å². The third kappa shape index (κ3) is 2.15. The van der Waals surface area contributed by atoms with Gasteiger partial charge in [0, 0.05) is 6.04 Å². The van der Waals surface area contributed by atoms with Crippen LogP contribution in [0.15, 0.2) is 24.3 Å². The number of hydrogen-bond donors (Lipinski definition) is 1. The molecule has 15 heavy (non-hydrogen) atoms. The summed E-state index contributed by atoms with van der Waals surface area (Å²) in [5, 5.41) is 3.42. The normalized spacial score (nSPS) is 18.3. The lowest BCUT2D eigenvalue weighted by Crippen LogP contribution is -2.29. The lowest BCUT2D eigenvalue weighted by Gasteiger charge is -2.34. The van der Waals surface area contributed by atoms with Crippen molar-refractivity contribution in [1.29, 1.82) is 0 Å². The maximum atomic E-state index is 5.25. The molecule has 2 heteroatoms. The van der Waals surface area contributed by atoms with E-state index in [-0.39, 0.29) is 0 Å². The fraction of sp³-hybridized carbons (Fsp3) is 0.538. The van der Waals surface area contributed by atoms with Crippen LogP contribution in [-0.4, -0.2) is 14.2 Å². The highest BCUT2D eigenvalue weighted by molar-refractivity contribution is 5.31. The average Bonchev–Trinajstić information content (AvgIpc) is 2.23. The van der Waals surface area contributed by atoms with Gasteiger partial charge in [0.1, 0.15) is 5.75 Å². The molecule has 0 bridgehead atoms. The van der Waals surface area contributed by atoms with Gasteiger partial charge in [-0.3, -0.25) is 0 Å². The number of hydrogen-bond acceptors (Lipinski definition) is 2. The van der Waals surface area contributed by atoms with Crippen molar-refractivity contribution in [3.05, 3.63) is 29.8 Å². The fourth-order valence-electron chi connectivity index (χ4n) is 2.28. The summed E-state index contributed by atoms with van der Waals surface area (Å²) in [5.41, 5.74) is 1.35. The fourth-order valence-corrected chi connectivity index (χ4v) is 2.28. The van der Waals surface area contributed by atoms with E-state index >= 15 is 0 Å². The highest BCUT2D eigenvalue weighted by Crippen LogP contribution is 2.38. The van der Waals surface area contributed by atoms with Crippen molar-refractivity contribution in [2.45, 2.75) is 25.3 Å². The number of ether oxygens (including phenoxy) is 1. The van der Waals surface area contributed by atoms with Gasteiger partial charge in [-0.2, -0.15) is 0 Å². The molecule has 2 nitrogen and oxygen atoms in total. The predicted molar refractivity (Wildman–Crippen MR) is 62.1 cm³/mol. The largest absolute Gasteiger partial charge is 0.497 e. The van der Waals surface area contributed by atoms with E-state index in [0.29, 0.717) is 6.04 Å². The van der Waals surface area contributed by atoms with Crippen LogP contribution in [0.1, 0.15) is 30.9 Å². The van der Waals surface area contributed by atoms with E-state index in [0.717, 1.165) is 11.7 Å². The van der Waals surface area contributed by atoms with E-state index in [1.54, 1.807) is 7.11 Å². The zero-order valence-electron chi connectivity index (χ0n) is 9.49. The highest BCUT2D eigenvalue weighted by Gasteiger charge is 2.27. The monoisotopic (exact) mass is 205 g/mol. The summed E-state index contributed by atoms with van der Waals surface area (Å²) in [6, 6.07) is 8.88. The maximum Gasteiger partial charge on any atom is 0.119 e. The molecule has 1 aromatic rings. The molecule has 82 valence electrons. The van der Waals surface area contributed by atoms with Crippen LogP contribution in [0, 0.1) is 5.92 Å².